The highest BCUT2D eigenvalue weighted by molar-refractivity contribution is 7.47. The van der Waals surface area contributed by atoms with Gasteiger partial charge in [0.2, 0.25) is 23.4 Å². The van der Waals surface area contributed by atoms with Gasteiger partial charge < -0.3 is 98.9 Å². The SMILES string of the molecule is O=c1[nH]c(=O)n([C@@H]2O[C@](F)(COP(=O)(O)O)C[C@H]2O)cc1CO.[2H]C([2H])(OP(=O)(O)O)[C@]1(F)C[C@@H](O)[C@H](n2cc(CO)c(=O)[nH]c2=O)O1.[2H]C([2H])(OP(=O)(O)O)[C@]1(F)C[C@@H](O)[C@]([2H])(n2cc(CO)c(=O)[nH]c2=O)O1.[2H][C@@]1(n2cc(CO)c(=O)[nH]c2=O)O[C@](F)(COP(=O)(O)O)C[C@H]1O. The van der Waals surface area contributed by atoms with Crippen LogP contribution in [0.5, 0.6) is 0 Å². The minimum absolute atomic E-state index is 0.194. The number of H-pyrrole nitrogens is 4. The van der Waals surface area contributed by atoms with E-state index in [1.807, 2.05) is 4.98 Å². The fraction of sp³-hybridized carbons (Fsp3) is 0.600. The molecule has 0 radical (unpaired) electrons. The summed E-state index contributed by atoms with van der Waals surface area (Å²) in [6.45, 7) is -13.2. The zero-order valence-electron chi connectivity index (χ0n) is 51.3. The number of hydrogen-bond acceptors (Lipinski definition) is 28. The topological polar surface area (TPSA) is 685 Å². The normalized spacial score (nSPS) is 31.1. The van der Waals surface area contributed by atoms with Gasteiger partial charge in [-0.25, -0.2) is 55.0 Å². The zero-order valence-corrected chi connectivity index (χ0v) is 48.8. The Kier molecular flexibility index (Phi) is 22.1. The maximum atomic E-state index is 14.9. The number of nitrogens with one attached hydrogen (secondary N) is 4. The van der Waals surface area contributed by atoms with Gasteiger partial charge in [0.15, 0.2) is 24.9 Å². The first-order chi connectivity index (χ1) is 44.4. The lowest BCUT2D eigenvalue weighted by Gasteiger charge is -2.21. The highest BCUT2D eigenvalue weighted by Crippen LogP contribution is 2.47. The molecule has 4 aliphatic rings. The Balaban J connectivity index is 0.000000236. The number of aromatic nitrogens is 8. The van der Waals surface area contributed by atoms with Crippen LogP contribution in [0.15, 0.2) is 63.1 Å². The Morgan fingerprint density at radius 2 is 0.674 bits per heavy atom. The first-order valence-electron chi connectivity index (χ1n) is 27.4. The van der Waals surface area contributed by atoms with Crippen molar-refractivity contribution >= 4 is 31.3 Å². The number of halogens is 4. The van der Waals surface area contributed by atoms with Gasteiger partial charge in [-0.15, -0.1) is 0 Å². The Morgan fingerprint density at radius 3 is 0.989 bits per heavy atom. The number of phosphoric acid groups is 4. The first-order valence-corrected chi connectivity index (χ1v) is 30.5. The summed E-state index contributed by atoms with van der Waals surface area (Å²) >= 11 is 0. The summed E-state index contributed by atoms with van der Waals surface area (Å²) in [6, 6.07) is 0. The van der Waals surface area contributed by atoms with Crippen molar-refractivity contribution in [2.75, 3.05) is 26.3 Å². The molecule has 0 bridgehead atoms. The van der Waals surface area contributed by atoms with Crippen LogP contribution >= 0.6 is 31.3 Å². The third-order valence-electron chi connectivity index (χ3n) is 11.7. The monoisotopic (exact) mass is 1430 g/mol. The maximum absolute atomic E-state index is 14.9. The van der Waals surface area contributed by atoms with E-state index in [1.165, 1.54) is 0 Å². The summed E-state index contributed by atoms with van der Waals surface area (Å²) in [5, 5.41) is 75.7. The van der Waals surface area contributed by atoms with Crippen molar-refractivity contribution in [2.24, 2.45) is 0 Å². The molecule has 20 N–H and O–H groups in total. The quantitative estimate of drug-likeness (QED) is 0.0289. The van der Waals surface area contributed by atoms with Crippen molar-refractivity contribution in [1.29, 1.82) is 0 Å². The smallest absolute Gasteiger partial charge is 0.391 e. The van der Waals surface area contributed by atoms with Crippen molar-refractivity contribution < 1.29 is 161 Å². The second-order valence-electron chi connectivity index (χ2n) is 18.8. The van der Waals surface area contributed by atoms with Gasteiger partial charge >= 0.3 is 54.0 Å². The highest BCUT2D eigenvalue weighted by Gasteiger charge is 2.53. The third kappa shape index (κ3) is 21.2. The molecule has 8 heterocycles. The van der Waals surface area contributed by atoms with Gasteiger partial charge in [0.05, 0.1) is 56.9 Å². The predicted molar refractivity (Wildman–Crippen MR) is 279 cm³/mol. The number of nitrogens with zero attached hydrogens (tertiary/aromatic N) is 4. The molecule has 520 valence electrons. The molecule has 0 saturated carbocycles. The lowest BCUT2D eigenvalue weighted by atomic mass is 10.2. The van der Waals surface area contributed by atoms with Gasteiger partial charge in [0, 0.05) is 50.5 Å². The molecule has 0 aromatic carbocycles. The minimum atomic E-state index is -5.53. The molecule has 0 amide bonds. The second kappa shape index (κ2) is 30.0. The summed E-state index contributed by atoms with van der Waals surface area (Å²) in [7, 11) is -21.0. The largest absolute Gasteiger partial charge is 0.469 e. The lowest BCUT2D eigenvalue weighted by molar-refractivity contribution is -0.179. The standard InChI is InChI=1S/4C10H14FN2O9P/c4*11-10(4-21-23(18,19)20)1-6(15)8(22-10)13-2-5(3-14)7(16)12-9(13)17/h4*2,6,8,14-15H,1,3-4H2,(H,12,16,17)(H2,18,19,20)/t4*6-,8-,10+/m1111/s1/i4D2,8D;8D;4D2;. The molecule has 0 unspecified atom stereocenters. The van der Waals surface area contributed by atoms with Crippen LogP contribution in [0, 0.1) is 0 Å². The number of aliphatic hydroxyl groups is 8. The van der Waals surface area contributed by atoms with Crippen molar-refractivity contribution in [3.8, 4) is 0 Å². The van der Waals surface area contributed by atoms with Crippen LogP contribution in [-0.2, 0) is 81.7 Å². The average Bonchev–Trinajstić information content (AvgIpc) is 1.57. The zero-order chi connectivity index (χ0) is 75.1. The van der Waals surface area contributed by atoms with Crippen LogP contribution in [0.4, 0.5) is 17.6 Å². The molecule has 0 aliphatic carbocycles. The minimum Gasteiger partial charge on any atom is -0.391 e. The van der Waals surface area contributed by atoms with E-state index < -0.39 is 233 Å². The molecule has 0 spiro atoms. The van der Waals surface area contributed by atoms with Crippen molar-refractivity contribution in [3.63, 3.8) is 0 Å². The van der Waals surface area contributed by atoms with E-state index in [0.717, 1.165) is 12.4 Å². The number of hydrogen-bond donors (Lipinski definition) is 20. The van der Waals surface area contributed by atoms with Gasteiger partial charge in [0.1, 0.15) is 50.7 Å². The molecule has 8 rings (SSSR count). The van der Waals surface area contributed by atoms with E-state index in [1.54, 1.807) is 15.0 Å². The molecule has 4 aromatic heterocycles. The lowest BCUT2D eigenvalue weighted by Crippen LogP contribution is -2.37. The van der Waals surface area contributed by atoms with Crippen LogP contribution in [0.3, 0.4) is 0 Å². The molecule has 4 aromatic rings. The fourth-order valence-electron chi connectivity index (χ4n) is 7.79. The van der Waals surface area contributed by atoms with Crippen molar-refractivity contribution in [1.82, 2.24) is 38.2 Å². The summed E-state index contributed by atoms with van der Waals surface area (Å²) < 4.78 is 182. The van der Waals surface area contributed by atoms with Crippen molar-refractivity contribution in [2.45, 2.75) is 125 Å². The molecule has 4 fully saturated rings. The number of alkyl halides is 4. The van der Waals surface area contributed by atoms with Crippen LogP contribution in [-0.4, -0.2) is 192 Å². The molecule has 44 nitrogen and oxygen atoms in total. The van der Waals surface area contributed by atoms with E-state index in [9.17, 15) is 94.6 Å². The Bertz CT molecular complexity index is 4300. The van der Waals surface area contributed by atoms with Crippen LogP contribution in [0.1, 0.15) is 81.0 Å². The van der Waals surface area contributed by atoms with Gasteiger partial charge in [0.25, 0.3) is 22.2 Å². The number of rotatable bonds is 20. The number of ether oxygens (including phenoxy) is 4. The molecule has 92 heavy (non-hydrogen) atoms. The van der Waals surface area contributed by atoms with Crippen LogP contribution in [0.25, 0.3) is 0 Å². The van der Waals surface area contributed by atoms with E-state index >= 15 is 0 Å². The first kappa shape index (κ1) is 67.8. The van der Waals surface area contributed by atoms with E-state index in [2.05, 4.69) is 27.6 Å². The highest BCUT2D eigenvalue weighted by atomic mass is 31.2. The molecule has 4 saturated heterocycles. The van der Waals surface area contributed by atoms with Gasteiger partial charge in [-0.3, -0.25) is 75.5 Å². The Labute approximate surface area is 511 Å². The second-order valence-corrected chi connectivity index (χ2v) is 23.6. The molecular formula is C40H56F4N8O36P4. The molecule has 4 aliphatic heterocycles. The van der Waals surface area contributed by atoms with E-state index in [-0.39, 0.29) is 21.3 Å². The molecular weight excluding hydrogens is 1370 g/mol. The van der Waals surface area contributed by atoms with Gasteiger partial charge in [-0.2, -0.15) is 0 Å². The number of aliphatic hydroxyl groups excluding tert-OH is 8. The Morgan fingerprint density at radius 1 is 0.435 bits per heavy atom. The van der Waals surface area contributed by atoms with Crippen LogP contribution in [0.2, 0.25) is 0 Å². The number of aromatic amines is 4. The predicted octanol–water partition coefficient (Wildman–Crippen LogP) is -7.66. The summed E-state index contributed by atoms with van der Waals surface area (Å²) in [5.41, 5.74) is -9.79. The van der Waals surface area contributed by atoms with Gasteiger partial charge in [-0.05, 0) is 0 Å². The summed E-state index contributed by atoms with van der Waals surface area (Å²) in [6.07, 6.45) is -17.9. The van der Waals surface area contributed by atoms with Crippen LogP contribution < -0.4 is 45.0 Å². The van der Waals surface area contributed by atoms with Gasteiger partial charge in [-0.1, -0.05) is 0 Å². The van der Waals surface area contributed by atoms with E-state index in [4.69, 9.17) is 77.3 Å². The molecule has 52 heteroatoms. The summed E-state index contributed by atoms with van der Waals surface area (Å²) in [5.74, 6) is -13.0. The van der Waals surface area contributed by atoms with Crippen molar-refractivity contribution in [3.05, 3.63) is 130 Å². The maximum Gasteiger partial charge on any atom is 0.469 e. The summed E-state index contributed by atoms with van der Waals surface area (Å²) in [4.78, 5) is 169. The molecule has 12 atom stereocenters. The Hall–Kier alpha value is -5.60. The third-order valence-corrected chi connectivity index (χ3v) is 13.3. The fourth-order valence-corrected chi connectivity index (χ4v) is 9.02. The van der Waals surface area contributed by atoms with E-state index in [0.29, 0.717) is 26.1 Å². The number of phosphoric ester groups is 4. The average molecular weight is 1430 g/mol.